The summed E-state index contributed by atoms with van der Waals surface area (Å²) in [5.74, 6) is -1.15. The molecule has 2 aromatic rings. The van der Waals surface area contributed by atoms with Crippen molar-refractivity contribution in [2.45, 2.75) is 31.8 Å². The summed E-state index contributed by atoms with van der Waals surface area (Å²) in [7, 11) is 0. The first-order valence-electron chi connectivity index (χ1n) is 7.89. The van der Waals surface area contributed by atoms with Crippen LogP contribution >= 0.6 is 34.2 Å². The van der Waals surface area contributed by atoms with E-state index in [0.717, 1.165) is 5.56 Å². The van der Waals surface area contributed by atoms with E-state index in [1.165, 1.54) is 0 Å². The number of hydrogen-bond acceptors (Lipinski definition) is 6. The molecule has 1 heterocycles. The number of aliphatic carboxylic acids is 1. The molecule has 1 aromatic heterocycles. The van der Waals surface area contributed by atoms with Crippen LogP contribution in [0.1, 0.15) is 42.2 Å². The molecular formula is C17H18ClIN2O5. The van der Waals surface area contributed by atoms with Gasteiger partial charge in [-0.05, 0) is 41.0 Å². The number of hydrogen-bond donors (Lipinski definition) is 2. The lowest BCUT2D eigenvalue weighted by molar-refractivity contribution is -0.137. The summed E-state index contributed by atoms with van der Waals surface area (Å²) in [5, 5.41) is 24.5. The van der Waals surface area contributed by atoms with E-state index in [4.69, 9.17) is 31.2 Å². The van der Waals surface area contributed by atoms with Crippen LogP contribution in [0.4, 0.5) is 0 Å². The van der Waals surface area contributed by atoms with Crippen LogP contribution in [0.15, 0.2) is 40.0 Å². The minimum atomic E-state index is -0.928. The Hall–Kier alpha value is -1.65. The van der Waals surface area contributed by atoms with E-state index in [1.807, 2.05) is 52.9 Å². The summed E-state index contributed by atoms with van der Waals surface area (Å²) in [6.07, 6.45) is 1.15. The second-order valence-corrected chi connectivity index (χ2v) is 7.01. The molecule has 140 valence electrons. The molecular weight excluding hydrogens is 475 g/mol. The van der Waals surface area contributed by atoms with Gasteiger partial charge in [-0.15, -0.1) is 0 Å². The van der Waals surface area contributed by atoms with Gasteiger partial charge < -0.3 is 19.6 Å². The Labute approximate surface area is 169 Å². The second kappa shape index (κ2) is 10.5. The van der Waals surface area contributed by atoms with E-state index < -0.39 is 5.97 Å². The third-order valence-corrected chi connectivity index (χ3v) is 4.98. The average molecular weight is 493 g/mol. The van der Waals surface area contributed by atoms with Gasteiger partial charge in [0.1, 0.15) is 5.69 Å². The van der Waals surface area contributed by atoms with Gasteiger partial charge in [-0.1, -0.05) is 52.2 Å². The molecule has 1 atom stereocenters. The van der Waals surface area contributed by atoms with E-state index in [9.17, 15) is 4.79 Å². The van der Waals surface area contributed by atoms with Gasteiger partial charge in [0.15, 0.2) is 0 Å². The van der Waals surface area contributed by atoms with Crippen LogP contribution < -0.4 is 0 Å². The molecule has 0 radical (unpaired) electrons. The molecule has 26 heavy (non-hydrogen) atoms. The van der Waals surface area contributed by atoms with E-state index in [-0.39, 0.29) is 23.3 Å². The topological polar surface area (TPSA) is 105 Å². The zero-order chi connectivity index (χ0) is 18.9. The van der Waals surface area contributed by atoms with Crippen LogP contribution in [-0.4, -0.2) is 33.2 Å². The summed E-state index contributed by atoms with van der Waals surface area (Å²) < 4.78 is 11.3. The SMILES string of the molecule is O=C(O)C[C@H](CCCOCc1ccccc1)c1noc(C(Cl)=NO)c1I. The van der Waals surface area contributed by atoms with Crippen molar-refractivity contribution in [3.05, 3.63) is 50.9 Å². The number of nitrogens with zero attached hydrogens (tertiary/aromatic N) is 2. The minimum Gasteiger partial charge on any atom is -0.481 e. The maximum Gasteiger partial charge on any atom is 0.304 e. The summed E-state index contributed by atoms with van der Waals surface area (Å²) in [6, 6.07) is 9.82. The first-order valence-corrected chi connectivity index (χ1v) is 9.35. The number of carboxylic acids is 1. The van der Waals surface area contributed by atoms with Crippen LogP contribution in [0, 0.1) is 3.57 Å². The highest BCUT2D eigenvalue weighted by Crippen LogP contribution is 2.31. The molecule has 0 aliphatic heterocycles. The Morgan fingerprint density at radius 1 is 1.38 bits per heavy atom. The van der Waals surface area contributed by atoms with E-state index in [2.05, 4.69) is 10.3 Å². The maximum atomic E-state index is 11.2. The van der Waals surface area contributed by atoms with Gasteiger partial charge >= 0.3 is 5.97 Å². The molecule has 7 nitrogen and oxygen atoms in total. The van der Waals surface area contributed by atoms with Crippen LogP contribution in [0.5, 0.6) is 0 Å². The normalized spacial score (nSPS) is 12.9. The molecule has 0 aliphatic rings. The molecule has 0 amide bonds. The third kappa shape index (κ3) is 5.96. The van der Waals surface area contributed by atoms with Crippen molar-refractivity contribution in [3.8, 4) is 0 Å². The molecule has 0 saturated carbocycles. The predicted octanol–water partition coefficient (Wildman–Crippen LogP) is 4.21. The van der Waals surface area contributed by atoms with Crippen molar-refractivity contribution in [3.63, 3.8) is 0 Å². The fraction of sp³-hybridized carbons (Fsp3) is 0.353. The largest absolute Gasteiger partial charge is 0.481 e. The Morgan fingerprint density at radius 3 is 2.77 bits per heavy atom. The van der Waals surface area contributed by atoms with Gasteiger partial charge in [-0.25, -0.2) is 0 Å². The van der Waals surface area contributed by atoms with Gasteiger partial charge in [0.05, 0.1) is 16.6 Å². The van der Waals surface area contributed by atoms with Crippen molar-refractivity contribution in [1.82, 2.24) is 5.16 Å². The van der Waals surface area contributed by atoms with Crippen molar-refractivity contribution < 1.29 is 24.4 Å². The summed E-state index contributed by atoms with van der Waals surface area (Å²) in [6.45, 7) is 1.02. The van der Waals surface area contributed by atoms with Crippen molar-refractivity contribution in [2.24, 2.45) is 5.16 Å². The molecule has 2 rings (SSSR count). The zero-order valence-corrected chi connectivity index (χ0v) is 16.7. The lowest BCUT2D eigenvalue weighted by atomic mass is 9.96. The molecule has 0 unspecified atom stereocenters. The van der Waals surface area contributed by atoms with Crippen LogP contribution in [0.3, 0.4) is 0 Å². The van der Waals surface area contributed by atoms with Gasteiger partial charge in [0.25, 0.3) is 0 Å². The van der Waals surface area contributed by atoms with Gasteiger partial charge in [-0.2, -0.15) is 0 Å². The number of ether oxygens (including phenoxy) is 1. The monoisotopic (exact) mass is 492 g/mol. The number of aromatic nitrogens is 1. The predicted molar refractivity (Wildman–Crippen MR) is 104 cm³/mol. The number of carboxylic acid groups (broad SMARTS) is 1. The molecule has 0 spiro atoms. The number of halogens is 2. The van der Waals surface area contributed by atoms with Gasteiger partial charge in [0.2, 0.25) is 10.9 Å². The highest BCUT2D eigenvalue weighted by atomic mass is 127. The molecule has 0 bridgehead atoms. The van der Waals surface area contributed by atoms with Crippen molar-refractivity contribution in [1.29, 1.82) is 0 Å². The number of benzene rings is 1. The summed E-state index contributed by atoms with van der Waals surface area (Å²) in [5.41, 5.74) is 1.58. The third-order valence-electron chi connectivity index (χ3n) is 3.70. The van der Waals surface area contributed by atoms with Crippen molar-refractivity contribution >= 4 is 45.3 Å². The average Bonchev–Trinajstić information content (AvgIpc) is 3.01. The Balaban J connectivity index is 1.93. The van der Waals surface area contributed by atoms with Gasteiger partial charge in [-0.3, -0.25) is 4.79 Å². The van der Waals surface area contributed by atoms with Gasteiger partial charge in [0, 0.05) is 12.5 Å². The van der Waals surface area contributed by atoms with E-state index in [0.29, 0.717) is 35.3 Å². The van der Waals surface area contributed by atoms with Crippen molar-refractivity contribution in [2.75, 3.05) is 6.61 Å². The quantitative estimate of drug-likeness (QED) is 0.169. The fourth-order valence-electron chi connectivity index (χ4n) is 2.46. The Kier molecular flexibility index (Phi) is 8.33. The maximum absolute atomic E-state index is 11.2. The summed E-state index contributed by atoms with van der Waals surface area (Å²) in [4.78, 5) is 11.2. The smallest absolute Gasteiger partial charge is 0.304 e. The van der Waals surface area contributed by atoms with Crippen LogP contribution in [0.2, 0.25) is 0 Å². The van der Waals surface area contributed by atoms with Crippen LogP contribution in [-0.2, 0) is 16.1 Å². The highest BCUT2D eigenvalue weighted by Gasteiger charge is 2.26. The second-order valence-electron chi connectivity index (χ2n) is 5.58. The molecule has 1 aromatic carbocycles. The Morgan fingerprint density at radius 2 is 2.12 bits per heavy atom. The highest BCUT2D eigenvalue weighted by molar-refractivity contribution is 14.1. The lowest BCUT2D eigenvalue weighted by Gasteiger charge is -2.12. The zero-order valence-electron chi connectivity index (χ0n) is 13.8. The lowest BCUT2D eigenvalue weighted by Crippen LogP contribution is -2.10. The number of rotatable bonds is 10. The molecule has 2 N–H and O–H groups in total. The molecule has 9 heteroatoms. The number of oxime groups is 1. The minimum absolute atomic E-state index is 0.0887. The standard InChI is InChI=1S/C17H18ClIN2O5/c18-17(20-24)16-14(19)15(21-26-16)12(9-13(22)23)7-4-8-25-10-11-5-2-1-3-6-11/h1-3,5-6,12,24H,4,7-10H2,(H,22,23)/t12-/m0/s1. The fourth-order valence-corrected chi connectivity index (χ4v) is 3.64. The molecule has 0 aliphatic carbocycles. The molecule has 0 fully saturated rings. The Bertz CT molecular complexity index is 751. The number of carbonyl (C=O) groups is 1. The molecule has 0 saturated heterocycles. The van der Waals surface area contributed by atoms with Crippen LogP contribution in [0.25, 0.3) is 0 Å². The van der Waals surface area contributed by atoms with E-state index in [1.54, 1.807) is 0 Å². The first-order chi connectivity index (χ1) is 12.5. The summed E-state index contributed by atoms with van der Waals surface area (Å²) >= 11 is 7.70. The van der Waals surface area contributed by atoms with E-state index >= 15 is 0 Å². The first kappa shape index (κ1) is 20.7.